The van der Waals surface area contributed by atoms with Gasteiger partial charge in [-0.1, -0.05) is 54.1 Å². The topological polar surface area (TPSA) is 80.1 Å². The van der Waals surface area contributed by atoms with E-state index in [4.69, 9.17) is 16.7 Å². The molecule has 5 aromatic rings. The summed E-state index contributed by atoms with van der Waals surface area (Å²) in [4.78, 5) is 34.0. The second-order valence-corrected chi connectivity index (χ2v) is 12.1. The maximum atomic E-state index is 13.8. The minimum absolute atomic E-state index is 0.150. The van der Waals surface area contributed by atoms with Crippen molar-refractivity contribution in [2.45, 2.75) is 18.7 Å². The van der Waals surface area contributed by atoms with Crippen LogP contribution in [-0.4, -0.2) is 38.9 Å². The molecule has 41 heavy (non-hydrogen) atoms. The first-order valence-electron chi connectivity index (χ1n) is 13.1. The number of anilines is 1. The Kier molecular flexibility index (Phi) is 7.91. The van der Waals surface area contributed by atoms with Crippen molar-refractivity contribution in [3.63, 3.8) is 0 Å². The summed E-state index contributed by atoms with van der Waals surface area (Å²) in [5.41, 5.74) is 5.22. The molecule has 0 bridgehead atoms. The van der Waals surface area contributed by atoms with E-state index in [9.17, 15) is 9.59 Å². The second kappa shape index (κ2) is 11.9. The maximum Gasteiger partial charge on any atom is 0.240 e. The average molecular weight is 600 g/mol. The van der Waals surface area contributed by atoms with Crippen LogP contribution in [0.5, 0.6) is 0 Å². The lowest BCUT2D eigenvalue weighted by Gasteiger charge is -2.23. The minimum atomic E-state index is -0.281. The van der Waals surface area contributed by atoms with Crippen LogP contribution in [0.1, 0.15) is 27.6 Å². The Morgan fingerprint density at radius 1 is 1.07 bits per heavy atom. The smallest absolute Gasteiger partial charge is 0.240 e. The van der Waals surface area contributed by atoms with E-state index >= 15 is 0 Å². The quantitative estimate of drug-likeness (QED) is 0.233. The van der Waals surface area contributed by atoms with E-state index in [1.54, 1.807) is 22.4 Å². The van der Waals surface area contributed by atoms with Crippen molar-refractivity contribution >= 4 is 52.3 Å². The second-order valence-electron chi connectivity index (χ2n) is 9.59. The van der Waals surface area contributed by atoms with Crippen LogP contribution in [0.2, 0.25) is 5.02 Å². The number of nitrogens with zero attached hydrogens (tertiary/aromatic N) is 4. The number of carbonyl (C=O) groups excluding carboxylic acids is 2. The summed E-state index contributed by atoms with van der Waals surface area (Å²) in [6.07, 6.45) is 1.69. The number of hydrogen-bond donors (Lipinski definition) is 1. The molecule has 1 atom stereocenters. The first-order chi connectivity index (χ1) is 20.0. The Hall–Kier alpha value is -3.92. The molecule has 0 spiro atoms. The van der Waals surface area contributed by atoms with Gasteiger partial charge < -0.3 is 5.32 Å². The lowest BCUT2D eigenvalue weighted by Crippen LogP contribution is -2.42. The van der Waals surface area contributed by atoms with E-state index in [2.05, 4.69) is 10.3 Å². The molecule has 4 heterocycles. The molecule has 2 aromatic carbocycles. The summed E-state index contributed by atoms with van der Waals surface area (Å²) in [5, 5.41) is 10.5. The Morgan fingerprint density at radius 2 is 1.93 bits per heavy atom. The summed E-state index contributed by atoms with van der Waals surface area (Å²) in [5.74, 6) is 0.338. The molecule has 1 aliphatic heterocycles. The largest absolute Gasteiger partial charge is 0.349 e. The molecule has 0 saturated carbocycles. The normalized spacial score (nSPS) is 14.9. The van der Waals surface area contributed by atoms with Crippen LogP contribution in [0.4, 0.5) is 5.82 Å². The number of pyridine rings is 1. The highest BCUT2D eigenvalue weighted by Gasteiger charge is 2.38. The van der Waals surface area contributed by atoms with Crippen LogP contribution in [0.15, 0.2) is 90.4 Å². The zero-order chi connectivity index (χ0) is 28.3. The molecule has 0 aliphatic carbocycles. The molecule has 3 aromatic heterocycles. The zero-order valence-corrected chi connectivity index (χ0v) is 24.5. The number of hydrogen-bond acceptors (Lipinski definition) is 6. The summed E-state index contributed by atoms with van der Waals surface area (Å²) in [6, 6.07) is 25.2. The van der Waals surface area contributed by atoms with Gasteiger partial charge in [-0.25, -0.2) is 4.68 Å². The SMILES string of the molecule is Cc1ccccc1-n1nc(-c2cccs2)c2c1N(CC(=O)NCc1ccccn1)C(=O)CSC2c1cccc(Cl)c1. The molecule has 10 heteroatoms. The Balaban J connectivity index is 1.51. The van der Waals surface area contributed by atoms with Crippen LogP contribution < -0.4 is 10.2 Å². The lowest BCUT2D eigenvalue weighted by atomic mass is 10.0. The van der Waals surface area contributed by atoms with E-state index in [-0.39, 0.29) is 35.9 Å². The summed E-state index contributed by atoms with van der Waals surface area (Å²) < 4.78 is 1.83. The van der Waals surface area contributed by atoms with Crippen LogP contribution in [0, 0.1) is 6.92 Å². The van der Waals surface area contributed by atoms with Gasteiger partial charge in [-0.15, -0.1) is 23.1 Å². The third-order valence-corrected chi connectivity index (χ3v) is 9.20. The number of carbonyl (C=O) groups is 2. The van der Waals surface area contributed by atoms with E-state index in [0.717, 1.165) is 38.6 Å². The van der Waals surface area contributed by atoms with Gasteiger partial charge in [-0.2, -0.15) is 5.10 Å². The number of benzene rings is 2. The predicted molar refractivity (Wildman–Crippen MR) is 166 cm³/mol. The van der Waals surface area contributed by atoms with E-state index in [1.165, 1.54) is 11.8 Å². The Labute approximate surface area is 251 Å². The molecule has 6 rings (SSSR count). The highest BCUT2D eigenvalue weighted by molar-refractivity contribution is 8.00. The fourth-order valence-corrected chi connectivity index (χ4v) is 7.02. The number of nitrogens with one attached hydrogen (secondary N) is 1. The number of rotatable bonds is 7. The van der Waals surface area contributed by atoms with Crippen molar-refractivity contribution < 1.29 is 9.59 Å². The van der Waals surface area contributed by atoms with Gasteiger partial charge in [0.1, 0.15) is 18.1 Å². The van der Waals surface area contributed by atoms with Gasteiger partial charge in [-0.3, -0.25) is 19.5 Å². The van der Waals surface area contributed by atoms with Gasteiger partial charge in [0.25, 0.3) is 0 Å². The summed E-state index contributed by atoms with van der Waals surface area (Å²) in [7, 11) is 0. The van der Waals surface area contributed by atoms with Crippen molar-refractivity contribution in [3.05, 3.63) is 118 Å². The number of fused-ring (bicyclic) bond motifs is 1. The molecule has 1 aliphatic rings. The highest BCUT2D eigenvalue weighted by atomic mass is 35.5. The number of para-hydroxylation sites is 1. The molecular formula is C31H26ClN5O2S2. The molecule has 2 amide bonds. The van der Waals surface area contributed by atoms with Crippen LogP contribution in [-0.2, 0) is 16.1 Å². The van der Waals surface area contributed by atoms with Gasteiger partial charge in [-0.05, 0) is 59.8 Å². The van der Waals surface area contributed by atoms with Gasteiger partial charge in [0.2, 0.25) is 11.8 Å². The van der Waals surface area contributed by atoms with Gasteiger partial charge in [0.05, 0.1) is 33.8 Å². The fraction of sp³-hybridized carbons (Fsp3) is 0.161. The molecule has 0 radical (unpaired) electrons. The van der Waals surface area contributed by atoms with E-state index < -0.39 is 0 Å². The first-order valence-corrected chi connectivity index (χ1v) is 15.4. The monoisotopic (exact) mass is 599 g/mol. The van der Waals surface area contributed by atoms with Crippen LogP contribution in [0.25, 0.3) is 16.3 Å². The third-order valence-electron chi connectivity index (χ3n) is 6.83. The van der Waals surface area contributed by atoms with E-state index in [0.29, 0.717) is 10.8 Å². The summed E-state index contributed by atoms with van der Waals surface area (Å²) >= 11 is 9.55. The maximum absolute atomic E-state index is 13.8. The average Bonchev–Trinajstić information content (AvgIpc) is 3.62. The highest BCUT2D eigenvalue weighted by Crippen LogP contribution is 2.49. The lowest BCUT2D eigenvalue weighted by molar-refractivity contribution is -0.123. The zero-order valence-electron chi connectivity index (χ0n) is 22.2. The van der Waals surface area contributed by atoms with E-state index in [1.807, 2.05) is 95.8 Å². The van der Waals surface area contributed by atoms with Gasteiger partial charge in [0, 0.05) is 16.8 Å². The van der Waals surface area contributed by atoms with Crippen LogP contribution >= 0.6 is 34.7 Å². The van der Waals surface area contributed by atoms with Gasteiger partial charge >= 0.3 is 0 Å². The fourth-order valence-electron chi connectivity index (χ4n) is 4.91. The molecule has 1 N–H and O–H groups in total. The number of aryl methyl sites for hydroxylation is 1. The molecular weight excluding hydrogens is 574 g/mol. The molecule has 0 fully saturated rings. The minimum Gasteiger partial charge on any atom is -0.349 e. The molecule has 7 nitrogen and oxygen atoms in total. The molecule has 206 valence electrons. The van der Waals surface area contributed by atoms with Crippen molar-refractivity contribution in [3.8, 4) is 16.3 Å². The predicted octanol–water partition coefficient (Wildman–Crippen LogP) is 6.44. The van der Waals surface area contributed by atoms with Crippen molar-refractivity contribution in [1.29, 1.82) is 0 Å². The first kappa shape index (κ1) is 27.3. The van der Waals surface area contributed by atoms with Gasteiger partial charge in [0.15, 0.2) is 0 Å². The van der Waals surface area contributed by atoms with Crippen LogP contribution in [0.3, 0.4) is 0 Å². The van der Waals surface area contributed by atoms with Crippen molar-refractivity contribution in [1.82, 2.24) is 20.1 Å². The molecule has 1 unspecified atom stereocenters. The summed E-state index contributed by atoms with van der Waals surface area (Å²) in [6.45, 7) is 2.13. The Bertz CT molecular complexity index is 1710. The number of halogens is 1. The third kappa shape index (κ3) is 5.66. The number of amides is 2. The standard InChI is InChI=1S/C31H26ClN5O2S2/c1-20-8-2-3-12-24(20)37-31-28(29(35-37)25-13-7-15-40-25)30(21-9-6-10-22(32)16-21)41-19-27(39)36(31)18-26(38)34-17-23-11-4-5-14-33-23/h2-16,30H,17-19H2,1H3,(H,34,38). The molecule has 0 saturated heterocycles. The number of thioether (sulfide) groups is 1. The number of aromatic nitrogens is 3. The Morgan fingerprint density at radius 3 is 2.68 bits per heavy atom. The van der Waals surface area contributed by atoms with Crippen molar-refractivity contribution in [2.75, 3.05) is 17.2 Å². The number of thiophene rings is 1. The van der Waals surface area contributed by atoms with Crippen molar-refractivity contribution in [2.24, 2.45) is 0 Å².